The Morgan fingerprint density at radius 3 is 2.93 bits per heavy atom. The van der Waals surface area contributed by atoms with E-state index in [0.29, 0.717) is 6.61 Å². The molecule has 0 radical (unpaired) electrons. The maximum Gasteiger partial charge on any atom is 0.0738 e. The highest BCUT2D eigenvalue weighted by Gasteiger charge is 2.17. The van der Waals surface area contributed by atoms with Crippen molar-refractivity contribution in [1.82, 2.24) is 15.1 Å². The highest BCUT2D eigenvalue weighted by Crippen LogP contribution is 2.23. The van der Waals surface area contributed by atoms with Gasteiger partial charge in [-0.2, -0.15) is 5.10 Å². The number of aromatic nitrogens is 2. The van der Waals surface area contributed by atoms with Gasteiger partial charge in [0, 0.05) is 13.7 Å². The van der Waals surface area contributed by atoms with Gasteiger partial charge < -0.3 is 10.1 Å². The second-order valence-electron chi connectivity index (χ2n) is 2.99. The summed E-state index contributed by atoms with van der Waals surface area (Å²) in [6.45, 7) is 3.58. The summed E-state index contributed by atoms with van der Waals surface area (Å²) in [5.74, 6) is 0. The van der Waals surface area contributed by atoms with E-state index in [1.165, 1.54) is 0 Å². The molecule has 0 spiro atoms. The predicted molar refractivity (Wildman–Crippen MR) is 59.3 cm³/mol. The van der Waals surface area contributed by atoms with Crippen LogP contribution in [0.2, 0.25) is 0 Å². The molecule has 4 nitrogen and oxygen atoms in total. The van der Waals surface area contributed by atoms with Crippen LogP contribution in [0.3, 0.4) is 0 Å². The largest absolute Gasteiger partial charge is 0.383 e. The quantitative estimate of drug-likeness (QED) is 0.875. The van der Waals surface area contributed by atoms with Crippen LogP contribution < -0.4 is 5.32 Å². The summed E-state index contributed by atoms with van der Waals surface area (Å²) >= 11 is 3.49. The Balaban J connectivity index is 2.94. The highest BCUT2D eigenvalue weighted by atomic mass is 79.9. The minimum Gasteiger partial charge on any atom is -0.383 e. The lowest BCUT2D eigenvalue weighted by Gasteiger charge is -2.17. The van der Waals surface area contributed by atoms with Crippen molar-refractivity contribution < 1.29 is 4.74 Å². The van der Waals surface area contributed by atoms with Crippen LogP contribution >= 0.6 is 15.9 Å². The Morgan fingerprint density at radius 1 is 1.71 bits per heavy atom. The van der Waals surface area contributed by atoms with Crippen LogP contribution in [-0.4, -0.2) is 30.5 Å². The Hall–Kier alpha value is -0.390. The fourth-order valence-corrected chi connectivity index (χ4v) is 2.01. The molecule has 80 valence electrons. The maximum absolute atomic E-state index is 5.15. The van der Waals surface area contributed by atoms with E-state index in [2.05, 4.69) is 33.3 Å². The molecule has 1 unspecified atom stereocenters. The van der Waals surface area contributed by atoms with E-state index >= 15 is 0 Å². The molecule has 0 aliphatic heterocycles. The van der Waals surface area contributed by atoms with Gasteiger partial charge >= 0.3 is 0 Å². The molecule has 1 aromatic rings. The number of methoxy groups -OCH3 is 1. The van der Waals surface area contributed by atoms with Gasteiger partial charge in [0.25, 0.3) is 0 Å². The first kappa shape index (κ1) is 11.7. The van der Waals surface area contributed by atoms with Crippen molar-refractivity contribution in [1.29, 1.82) is 0 Å². The Bertz CT molecular complexity index is 288. The van der Waals surface area contributed by atoms with Gasteiger partial charge in [-0.3, -0.25) is 4.68 Å². The normalized spacial score (nSPS) is 13.1. The summed E-state index contributed by atoms with van der Waals surface area (Å²) in [5.41, 5.74) is 1.14. The highest BCUT2D eigenvalue weighted by molar-refractivity contribution is 9.10. The smallest absolute Gasteiger partial charge is 0.0738 e. The van der Waals surface area contributed by atoms with E-state index < -0.39 is 0 Å². The van der Waals surface area contributed by atoms with Crippen molar-refractivity contribution in [2.45, 2.75) is 19.5 Å². The molecule has 1 rings (SSSR count). The van der Waals surface area contributed by atoms with Crippen molar-refractivity contribution in [3.8, 4) is 0 Å². The summed E-state index contributed by atoms with van der Waals surface area (Å²) < 4.78 is 8.14. The van der Waals surface area contributed by atoms with E-state index in [0.717, 1.165) is 16.7 Å². The lowest BCUT2D eigenvalue weighted by molar-refractivity contribution is 0.166. The molecule has 0 bridgehead atoms. The molecule has 0 saturated carbocycles. The van der Waals surface area contributed by atoms with Crippen molar-refractivity contribution in [3.63, 3.8) is 0 Å². The number of ether oxygens (including phenoxy) is 1. The van der Waals surface area contributed by atoms with E-state index in [9.17, 15) is 0 Å². The van der Waals surface area contributed by atoms with Crippen molar-refractivity contribution in [2.24, 2.45) is 0 Å². The van der Waals surface area contributed by atoms with E-state index in [1.807, 2.05) is 17.9 Å². The van der Waals surface area contributed by atoms with Gasteiger partial charge in [-0.15, -0.1) is 0 Å². The molecule has 0 fully saturated rings. The maximum atomic E-state index is 5.15. The molecule has 0 aliphatic carbocycles. The first-order valence-electron chi connectivity index (χ1n) is 4.62. The molecule has 5 heteroatoms. The van der Waals surface area contributed by atoms with Gasteiger partial charge in [-0.05, 0) is 29.9 Å². The zero-order valence-electron chi connectivity index (χ0n) is 8.75. The van der Waals surface area contributed by atoms with E-state index in [-0.39, 0.29) is 6.04 Å². The minimum atomic E-state index is 0.178. The second kappa shape index (κ2) is 5.48. The summed E-state index contributed by atoms with van der Waals surface area (Å²) in [7, 11) is 3.62. The number of aryl methyl sites for hydroxylation is 1. The van der Waals surface area contributed by atoms with Gasteiger partial charge in [0.1, 0.15) is 0 Å². The molecule has 1 aromatic heterocycles. The van der Waals surface area contributed by atoms with Crippen molar-refractivity contribution in [2.75, 3.05) is 20.8 Å². The monoisotopic (exact) mass is 261 g/mol. The van der Waals surface area contributed by atoms with Crippen LogP contribution in [0.1, 0.15) is 18.7 Å². The summed E-state index contributed by atoms with van der Waals surface area (Å²) in [6.07, 6.45) is 1.82. The van der Waals surface area contributed by atoms with Gasteiger partial charge in [0.2, 0.25) is 0 Å². The number of likely N-dealkylation sites (N-methyl/N-ethyl adjacent to an activating group) is 1. The SMILES string of the molecule is CCn1ncc(Br)c1C(COC)NC. The molecule has 14 heavy (non-hydrogen) atoms. The van der Waals surface area contributed by atoms with Crippen LogP contribution in [0.25, 0.3) is 0 Å². The average Bonchev–Trinajstić information content (AvgIpc) is 2.56. The van der Waals surface area contributed by atoms with Crippen LogP contribution in [0.15, 0.2) is 10.7 Å². The number of halogens is 1. The third-order valence-corrected chi connectivity index (χ3v) is 2.76. The number of nitrogens with zero attached hydrogens (tertiary/aromatic N) is 2. The van der Waals surface area contributed by atoms with Gasteiger partial charge in [-0.25, -0.2) is 0 Å². The predicted octanol–water partition coefficient (Wildman–Crippen LogP) is 1.57. The zero-order chi connectivity index (χ0) is 10.6. The molecular formula is C9H16BrN3O. The number of nitrogens with one attached hydrogen (secondary N) is 1. The van der Waals surface area contributed by atoms with Crippen LogP contribution in [0, 0.1) is 0 Å². The molecule has 0 amide bonds. The lowest BCUT2D eigenvalue weighted by Crippen LogP contribution is -2.24. The number of rotatable bonds is 5. The first-order valence-corrected chi connectivity index (χ1v) is 5.41. The number of hydrogen-bond acceptors (Lipinski definition) is 3. The Kier molecular flexibility index (Phi) is 4.57. The Labute approximate surface area is 92.8 Å². The first-order chi connectivity index (χ1) is 6.74. The third-order valence-electron chi connectivity index (χ3n) is 2.14. The summed E-state index contributed by atoms with van der Waals surface area (Å²) in [5, 5.41) is 7.46. The Morgan fingerprint density at radius 2 is 2.43 bits per heavy atom. The summed E-state index contributed by atoms with van der Waals surface area (Å²) in [4.78, 5) is 0. The van der Waals surface area contributed by atoms with Crippen LogP contribution in [0.5, 0.6) is 0 Å². The fraction of sp³-hybridized carbons (Fsp3) is 0.667. The van der Waals surface area contributed by atoms with Gasteiger partial charge in [0.05, 0.1) is 29.0 Å². The van der Waals surface area contributed by atoms with Gasteiger partial charge in [-0.1, -0.05) is 0 Å². The van der Waals surface area contributed by atoms with E-state index in [4.69, 9.17) is 4.74 Å². The average molecular weight is 262 g/mol. The molecular weight excluding hydrogens is 246 g/mol. The minimum absolute atomic E-state index is 0.178. The molecule has 1 heterocycles. The van der Waals surface area contributed by atoms with Gasteiger partial charge in [0.15, 0.2) is 0 Å². The van der Waals surface area contributed by atoms with Crippen LogP contribution in [-0.2, 0) is 11.3 Å². The fourth-order valence-electron chi connectivity index (χ4n) is 1.44. The number of hydrogen-bond donors (Lipinski definition) is 1. The van der Waals surface area contributed by atoms with E-state index in [1.54, 1.807) is 7.11 Å². The third kappa shape index (κ3) is 2.34. The summed E-state index contributed by atoms with van der Waals surface area (Å²) in [6, 6.07) is 0.178. The molecule has 1 N–H and O–H groups in total. The molecule has 0 saturated heterocycles. The second-order valence-corrected chi connectivity index (χ2v) is 3.84. The lowest BCUT2D eigenvalue weighted by atomic mass is 10.2. The molecule has 1 atom stereocenters. The standard InChI is InChI=1S/C9H16BrN3O/c1-4-13-9(7(10)5-12-13)8(11-2)6-14-3/h5,8,11H,4,6H2,1-3H3. The topological polar surface area (TPSA) is 39.1 Å². The molecule has 0 aliphatic rings. The zero-order valence-corrected chi connectivity index (χ0v) is 10.3. The van der Waals surface area contributed by atoms with Crippen LogP contribution in [0.4, 0.5) is 0 Å². The molecule has 0 aromatic carbocycles. The van der Waals surface area contributed by atoms with Crippen molar-refractivity contribution in [3.05, 3.63) is 16.4 Å². The van der Waals surface area contributed by atoms with Crippen molar-refractivity contribution >= 4 is 15.9 Å².